The van der Waals surface area contributed by atoms with Gasteiger partial charge < -0.3 is 23.7 Å². The summed E-state index contributed by atoms with van der Waals surface area (Å²) in [5.74, 6) is 1.97. The van der Waals surface area contributed by atoms with Gasteiger partial charge in [-0.1, -0.05) is 11.6 Å². The average molecular weight is 632 g/mol. The lowest BCUT2D eigenvalue weighted by molar-refractivity contribution is -0.185. The van der Waals surface area contributed by atoms with Gasteiger partial charge in [0.25, 0.3) is 6.29 Å². The first-order chi connectivity index (χ1) is 20.8. The average Bonchev–Trinajstić information content (AvgIpc) is 3.29. The zero-order valence-electron chi connectivity index (χ0n) is 26.1. The van der Waals surface area contributed by atoms with Crippen molar-refractivity contribution in [1.29, 1.82) is 0 Å². The molecule has 242 valence electrons. The lowest BCUT2D eigenvalue weighted by Crippen LogP contribution is -2.48. The molecule has 5 fully saturated rings. The minimum atomic E-state index is -1.04. The summed E-state index contributed by atoms with van der Waals surface area (Å²) < 4.78 is 28.1. The molecule has 1 atom stereocenters. The van der Waals surface area contributed by atoms with Crippen molar-refractivity contribution in [2.45, 2.75) is 71.5 Å². The first-order valence-electron chi connectivity index (χ1n) is 16.0. The topological polar surface area (TPSA) is 101 Å². The van der Waals surface area contributed by atoms with Crippen LogP contribution in [0.2, 0.25) is 0 Å². The zero-order valence-corrected chi connectivity index (χ0v) is 27.0. The Bertz CT molecular complexity index is 1240. The maximum Gasteiger partial charge on any atom is 0.342 e. The summed E-state index contributed by atoms with van der Waals surface area (Å²) in [5, 5.41) is 0. The molecule has 4 bridgehead atoms. The number of carbonyl (C=O) groups excluding carboxylic acids is 3. The van der Waals surface area contributed by atoms with Crippen LogP contribution in [0.15, 0.2) is 17.7 Å². The van der Waals surface area contributed by atoms with E-state index in [1.807, 2.05) is 13.8 Å². The molecular formula is C34H46ClNO8. The van der Waals surface area contributed by atoms with Crippen molar-refractivity contribution >= 4 is 30.3 Å². The van der Waals surface area contributed by atoms with Gasteiger partial charge in [-0.3, -0.25) is 14.5 Å². The van der Waals surface area contributed by atoms with Gasteiger partial charge in [-0.25, -0.2) is 4.79 Å². The Kier molecular flexibility index (Phi) is 10.6. The molecule has 7 rings (SSSR count). The molecule has 1 saturated heterocycles. The molecule has 4 aliphatic carbocycles. The van der Waals surface area contributed by atoms with E-state index in [4.69, 9.17) is 23.7 Å². The van der Waals surface area contributed by atoms with E-state index in [9.17, 15) is 14.4 Å². The molecule has 2 aliphatic heterocycles. The van der Waals surface area contributed by atoms with Gasteiger partial charge in [0.05, 0.1) is 37.4 Å². The monoisotopic (exact) mass is 631 g/mol. The number of hydrogen-bond donors (Lipinski definition) is 0. The molecule has 9 nitrogen and oxygen atoms in total. The van der Waals surface area contributed by atoms with Crippen LogP contribution in [0, 0.1) is 36.5 Å². The van der Waals surface area contributed by atoms with E-state index >= 15 is 0 Å². The largest absolute Gasteiger partial charge is 0.496 e. The number of halogens is 1. The zero-order chi connectivity index (χ0) is 30.1. The summed E-state index contributed by atoms with van der Waals surface area (Å²) >= 11 is 0. The normalized spacial score (nSPS) is 29.1. The van der Waals surface area contributed by atoms with Crippen molar-refractivity contribution < 1.29 is 38.1 Å². The predicted molar refractivity (Wildman–Crippen MR) is 165 cm³/mol. The summed E-state index contributed by atoms with van der Waals surface area (Å²) in [4.78, 5) is 40.9. The van der Waals surface area contributed by atoms with Crippen molar-refractivity contribution in [3.63, 3.8) is 0 Å². The molecule has 2 heterocycles. The van der Waals surface area contributed by atoms with Gasteiger partial charge in [0, 0.05) is 31.6 Å². The lowest BCUT2D eigenvalue weighted by atomic mass is 9.52. The molecule has 1 aromatic carbocycles. The fourth-order valence-electron chi connectivity index (χ4n) is 8.46. The number of esters is 3. The Morgan fingerprint density at radius 3 is 2.39 bits per heavy atom. The van der Waals surface area contributed by atoms with Crippen LogP contribution in [0.25, 0.3) is 0 Å². The summed E-state index contributed by atoms with van der Waals surface area (Å²) in [6.45, 7) is 8.19. The Morgan fingerprint density at radius 2 is 1.73 bits per heavy atom. The van der Waals surface area contributed by atoms with Crippen molar-refractivity contribution in [2.24, 2.45) is 29.6 Å². The molecule has 6 aliphatic rings. The second-order valence-electron chi connectivity index (χ2n) is 13.2. The molecule has 1 unspecified atom stereocenters. The Labute approximate surface area is 266 Å². The van der Waals surface area contributed by atoms with E-state index in [0.29, 0.717) is 54.6 Å². The van der Waals surface area contributed by atoms with E-state index in [1.165, 1.54) is 6.42 Å². The molecular weight excluding hydrogens is 586 g/mol. The standard InChI is InChI=1S/C34H45NO8.ClH/c1-20(5-7-28(36)41-13-10-35-8-11-40-12-9-35)4-6-24-19-27-29(21(2)31(24)39-3)34(42-32(27)37)43-33(38)30-25-15-22-14-23(17-25)18-26(30)16-22;/h4,19,22-23,25-26,30,34H,5-18H2,1-3H3;1H/b20-4+;. The Morgan fingerprint density at radius 1 is 1.05 bits per heavy atom. The molecule has 44 heavy (non-hydrogen) atoms. The predicted octanol–water partition coefficient (Wildman–Crippen LogP) is 5.35. The molecule has 4 saturated carbocycles. The van der Waals surface area contributed by atoms with Crippen LogP contribution in [-0.2, 0) is 35.0 Å². The second kappa shape index (κ2) is 14.2. The number of cyclic esters (lactones) is 1. The van der Waals surface area contributed by atoms with Gasteiger partial charge in [-0.15, -0.1) is 12.4 Å². The number of ether oxygens (including phenoxy) is 5. The Balaban J connectivity index is 0.00000384. The number of benzene rings is 1. The molecule has 0 spiro atoms. The fourth-order valence-corrected chi connectivity index (χ4v) is 8.46. The first kappa shape index (κ1) is 32.8. The van der Waals surface area contributed by atoms with Gasteiger partial charge in [-0.05, 0) is 94.1 Å². The highest BCUT2D eigenvalue weighted by Crippen LogP contribution is 2.57. The van der Waals surface area contributed by atoms with Crippen LogP contribution in [-0.4, -0.2) is 69.4 Å². The van der Waals surface area contributed by atoms with E-state index in [0.717, 1.165) is 87.1 Å². The summed E-state index contributed by atoms with van der Waals surface area (Å²) in [7, 11) is 1.61. The van der Waals surface area contributed by atoms with E-state index in [2.05, 4.69) is 11.0 Å². The van der Waals surface area contributed by atoms with Crippen molar-refractivity contribution in [2.75, 3.05) is 46.6 Å². The van der Waals surface area contributed by atoms with Crippen LogP contribution < -0.4 is 4.74 Å². The van der Waals surface area contributed by atoms with Gasteiger partial charge in [0.15, 0.2) is 0 Å². The van der Waals surface area contributed by atoms with Crippen LogP contribution in [0.1, 0.15) is 85.2 Å². The Hall–Kier alpha value is -2.62. The fraction of sp³-hybridized carbons (Fsp3) is 0.676. The highest BCUT2D eigenvalue weighted by molar-refractivity contribution is 5.95. The molecule has 0 radical (unpaired) electrons. The van der Waals surface area contributed by atoms with E-state index < -0.39 is 12.3 Å². The first-order valence-corrected chi connectivity index (χ1v) is 16.0. The molecule has 1 aromatic rings. The number of hydrogen-bond acceptors (Lipinski definition) is 9. The minimum absolute atomic E-state index is 0. The van der Waals surface area contributed by atoms with Crippen molar-refractivity contribution in [3.8, 4) is 5.75 Å². The van der Waals surface area contributed by atoms with Gasteiger partial charge in [0.1, 0.15) is 12.4 Å². The van der Waals surface area contributed by atoms with Crippen molar-refractivity contribution in [1.82, 2.24) is 4.90 Å². The number of morpholine rings is 1. The minimum Gasteiger partial charge on any atom is -0.496 e. The molecule has 0 amide bonds. The maximum atomic E-state index is 13.5. The van der Waals surface area contributed by atoms with Gasteiger partial charge in [-0.2, -0.15) is 0 Å². The number of nitrogens with zero attached hydrogens (tertiary/aromatic N) is 1. The highest BCUT2D eigenvalue weighted by atomic mass is 35.5. The lowest BCUT2D eigenvalue weighted by Gasteiger charge is -2.53. The molecule has 0 N–H and O–H groups in total. The van der Waals surface area contributed by atoms with E-state index in [-0.39, 0.29) is 30.3 Å². The van der Waals surface area contributed by atoms with Crippen LogP contribution in [0.5, 0.6) is 5.75 Å². The van der Waals surface area contributed by atoms with Crippen LogP contribution >= 0.6 is 12.4 Å². The third-order valence-corrected chi connectivity index (χ3v) is 10.4. The maximum absolute atomic E-state index is 13.5. The summed E-state index contributed by atoms with van der Waals surface area (Å²) in [6.07, 6.45) is 8.24. The number of methoxy groups -OCH3 is 1. The van der Waals surface area contributed by atoms with Gasteiger partial charge >= 0.3 is 17.9 Å². The number of fused-ring (bicyclic) bond motifs is 1. The van der Waals surface area contributed by atoms with Crippen LogP contribution in [0.4, 0.5) is 0 Å². The third-order valence-electron chi connectivity index (χ3n) is 10.4. The number of carbonyl (C=O) groups is 3. The third kappa shape index (κ3) is 6.95. The number of allylic oxidation sites excluding steroid dienone is 2. The summed E-state index contributed by atoms with van der Waals surface area (Å²) in [6, 6.07) is 1.80. The second-order valence-corrected chi connectivity index (χ2v) is 13.2. The van der Waals surface area contributed by atoms with Gasteiger partial charge in [0.2, 0.25) is 0 Å². The van der Waals surface area contributed by atoms with E-state index in [1.54, 1.807) is 13.2 Å². The quantitative estimate of drug-likeness (QED) is 0.236. The molecule has 10 heteroatoms. The smallest absolute Gasteiger partial charge is 0.342 e. The van der Waals surface area contributed by atoms with Crippen LogP contribution in [0.3, 0.4) is 0 Å². The van der Waals surface area contributed by atoms with Crippen molar-refractivity contribution in [3.05, 3.63) is 40.0 Å². The SMILES string of the molecule is COc1c(C/C=C(\C)CCC(=O)OCCN2CCOCC2)cc2c(c1C)C(OC(=O)C1C3CC4CC(C3)CC1C4)OC2=O.Cl. The summed E-state index contributed by atoms with van der Waals surface area (Å²) in [5.41, 5.74) is 3.65. The molecule has 0 aromatic heterocycles. The highest BCUT2D eigenvalue weighted by Gasteiger charge is 2.52. The number of rotatable bonds is 11.